The predicted molar refractivity (Wildman–Crippen MR) is 352 cm³/mol. The molecule has 0 fully saturated rings. The second kappa shape index (κ2) is 20.9. The largest absolute Gasteiger partial charge is 0.457 e. The molecule has 13 rings (SSSR count). The fourth-order valence-corrected chi connectivity index (χ4v) is 12.7. The van der Waals surface area contributed by atoms with Crippen molar-refractivity contribution in [3.05, 3.63) is 208 Å². The number of benzene rings is 10. The van der Waals surface area contributed by atoms with E-state index in [1.807, 2.05) is 134 Å². The summed E-state index contributed by atoms with van der Waals surface area (Å²) in [5.74, 6) is -0.192. The highest BCUT2D eigenvalue weighted by molar-refractivity contribution is 6.45. The lowest BCUT2D eigenvalue weighted by molar-refractivity contribution is 0.0607. The summed E-state index contributed by atoms with van der Waals surface area (Å²) in [6.07, 6.45) is 1.33. The lowest BCUT2D eigenvalue weighted by atomic mass is 9.74. The number of Topliss-reactive ketones (excluding diaryl/α,β-unsaturated/α-hetero) is 2. The number of hydrogen-bond donors (Lipinski definition) is 0. The van der Waals surface area contributed by atoms with Crippen LogP contribution in [0.15, 0.2) is 158 Å². The van der Waals surface area contributed by atoms with Crippen molar-refractivity contribution < 1.29 is 38.1 Å². The molecule has 0 spiro atoms. The number of hydrogen-bond acceptors (Lipinski definition) is 9. The van der Waals surface area contributed by atoms with E-state index in [1.165, 1.54) is 4.90 Å². The molecule has 10 aromatic carbocycles. The molecule has 2 amide bonds. The normalized spacial score (nSPS) is 14.1. The number of carbonyl (C=O) groups is 4. The topological polar surface area (TPSA) is 121 Å². The van der Waals surface area contributed by atoms with Gasteiger partial charge < -0.3 is 18.9 Å². The van der Waals surface area contributed by atoms with Crippen LogP contribution in [0.3, 0.4) is 0 Å². The van der Waals surface area contributed by atoms with Crippen LogP contribution in [-0.2, 0) is 21.7 Å². The first-order chi connectivity index (χ1) is 41.8. The molecule has 88 heavy (non-hydrogen) atoms. The van der Waals surface area contributed by atoms with Crippen molar-refractivity contribution in [1.29, 1.82) is 0 Å². The Bertz CT molecular complexity index is 4440. The first kappa shape index (κ1) is 57.7. The van der Waals surface area contributed by atoms with Gasteiger partial charge in [-0.2, -0.15) is 0 Å². The average molecular weight is 1170 g/mol. The number of amides is 2. The number of unbranched alkanes of at least 4 members (excludes halogenated alkanes) is 1. The molecule has 0 saturated carbocycles. The molecule has 0 N–H and O–H groups in total. The number of pyridine rings is 1. The second-order valence-electron chi connectivity index (χ2n) is 27.9. The number of aromatic nitrogens is 1. The molecule has 0 unspecified atom stereocenters. The number of rotatable bonds is 12. The first-order valence-electron chi connectivity index (χ1n) is 30.6. The molecular formula is C78H72N2O8. The zero-order valence-electron chi connectivity index (χ0n) is 52.4. The van der Waals surface area contributed by atoms with Gasteiger partial charge in [0.05, 0.1) is 22.3 Å². The maximum Gasteiger partial charge on any atom is 0.261 e. The van der Waals surface area contributed by atoms with Gasteiger partial charge in [0.2, 0.25) is 0 Å². The summed E-state index contributed by atoms with van der Waals surface area (Å²) in [6.45, 7) is 28.0. The van der Waals surface area contributed by atoms with E-state index >= 15 is 19.2 Å². The van der Waals surface area contributed by atoms with Crippen molar-refractivity contribution in [2.75, 3.05) is 6.54 Å². The monoisotopic (exact) mass is 1160 g/mol. The molecule has 0 atom stereocenters. The fraction of sp³-hybridized carbons (Fsp3) is 0.269. The molecule has 10 nitrogen and oxygen atoms in total. The van der Waals surface area contributed by atoms with Crippen molar-refractivity contribution in [2.24, 2.45) is 0 Å². The third-order valence-electron chi connectivity index (χ3n) is 17.6. The number of para-hydroxylation sites is 1. The van der Waals surface area contributed by atoms with Gasteiger partial charge in [-0.15, -0.1) is 0 Å². The Morgan fingerprint density at radius 3 is 1.06 bits per heavy atom. The second-order valence-corrected chi connectivity index (χ2v) is 27.9. The minimum atomic E-state index is -1.34. The third kappa shape index (κ3) is 9.87. The third-order valence-corrected chi connectivity index (χ3v) is 17.6. The number of ketones is 2. The zero-order valence-corrected chi connectivity index (χ0v) is 52.4. The zero-order chi connectivity index (χ0) is 62.1. The summed E-state index contributed by atoms with van der Waals surface area (Å²) in [6, 6.07) is 49.9. The molecule has 0 saturated heterocycles. The van der Waals surface area contributed by atoms with Gasteiger partial charge in [-0.3, -0.25) is 29.1 Å². The Kier molecular flexibility index (Phi) is 13.7. The smallest absolute Gasteiger partial charge is 0.261 e. The Hall–Kier alpha value is -9.41. The molecule has 2 heterocycles. The summed E-state index contributed by atoms with van der Waals surface area (Å²) in [5.41, 5.74) is 5.61. The summed E-state index contributed by atoms with van der Waals surface area (Å²) >= 11 is 0. The maximum atomic E-state index is 16.0. The van der Waals surface area contributed by atoms with Crippen molar-refractivity contribution in [3.63, 3.8) is 0 Å². The molecule has 10 heteroatoms. The van der Waals surface area contributed by atoms with E-state index in [4.69, 9.17) is 23.9 Å². The van der Waals surface area contributed by atoms with Gasteiger partial charge in [0.15, 0.2) is 11.6 Å². The van der Waals surface area contributed by atoms with Crippen LogP contribution in [0.25, 0.3) is 54.0 Å². The molecule has 2 aliphatic rings. The summed E-state index contributed by atoms with van der Waals surface area (Å²) in [5, 5.41) is 4.40. The van der Waals surface area contributed by atoms with Crippen LogP contribution in [0.5, 0.6) is 46.0 Å². The van der Waals surface area contributed by atoms with Crippen LogP contribution < -0.4 is 18.9 Å². The van der Waals surface area contributed by atoms with E-state index in [9.17, 15) is 0 Å². The standard InChI is InChI=1S/C78H72N2O8/c1-14-15-38-80-73(83)54-41-60(87-50-33-25-46(26-34-50)77(8,9)10)67-65-58(85-48-29-21-44(22-30-48)75(2,3)4)39-52-62-53(72(82)64(71(52)81)57-37-20-43-18-16-17-19-56(43)79-57)40-59(86-49-31-23-45(24-32-49)76(5,6)7)66(69(62)65)68-61(42-55(74(80)84)63(54)70(67)68)88-51-35-27-47(28-36-51)78(11,12)13/h16-37,39-42,64H,14-15,38H2,1-13H3. The van der Waals surface area contributed by atoms with Crippen molar-refractivity contribution >= 4 is 77.4 Å². The highest BCUT2D eigenvalue weighted by Crippen LogP contribution is 2.59. The van der Waals surface area contributed by atoms with Crippen LogP contribution in [0.2, 0.25) is 0 Å². The van der Waals surface area contributed by atoms with Crippen LogP contribution in [0.1, 0.15) is 178 Å². The number of carbonyl (C=O) groups excluding carboxylic acids is 4. The Balaban J connectivity index is 1.22. The first-order valence-corrected chi connectivity index (χ1v) is 30.6. The molecule has 1 aromatic heterocycles. The molecule has 442 valence electrons. The lowest BCUT2D eigenvalue weighted by Gasteiger charge is -2.32. The minimum Gasteiger partial charge on any atom is -0.457 e. The maximum absolute atomic E-state index is 16.0. The quantitative estimate of drug-likeness (QED) is 0.0509. The molecule has 1 aliphatic heterocycles. The van der Waals surface area contributed by atoms with Crippen molar-refractivity contribution in [1.82, 2.24) is 9.88 Å². The Morgan fingerprint density at radius 1 is 0.386 bits per heavy atom. The van der Waals surface area contributed by atoms with Gasteiger partial charge in [0.1, 0.15) is 51.9 Å². The van der Waals surface area contributed by atoms with Crippen LogP contribution in [0, 0.1) is 0 Å². The summed E-state index contributed by atoms with van der Waals surface area (Å²) in [7, 11) is 0. The number of imide groups is 1. The van der Waals surface area contributed by atoms with E-state index in [1.54, 1.807) is 30.3 Å². The highest BCUT2D eigenvalue weighted by Gasteiger charge is 2.43. The van der Waals surface area contributed by atoms with Gasteiger partial charge in [-0.05, 0) is 135 Å². The van der Waals surface area contributed by atoms with E-state index in [-0.39, 0.29) is 73.5 Å². The molecule has 0 bridgehead atoms. The molecule has 1 aliphatic carbocycles. The summed E-state index contributed by atoms with van der Waals surface area (Å²) < 4.78 is 29.1. The molecule has 0 radical (unpaired) electrons. The lowest BCUT2D eigenvalue weighted by Crippen LogP contribution is -2.41. The highest BCUT2D eigenvalue weighted by atomic mass is 16.5. The average Bonchev–Trinajstić information content (AvgIpc) is 0.678. The Morgan fingerprint density at radius 2 is 0.716 bits per heavy atom. The van der Waals surface area contributed by atoms with Crippen LogP contribution in [-0.4, -0.2) is 39.8 Å². The Labute approximate surface area is 513 Å². The number of fused-ring (bicyclic) bond motifs is 3. The van der Waals surface area contributed by atoms with Gasteiger partial charge in [0.25, 0.3) is 11.8 Å². The predicted octanol–water partition coefficient (Wildman–Crippen LogP) is 20.2. The summed E-state index contributed by atoms with van der Waals surface area (Å²) in [4.78, 5) is 69.3. The van der Waals surface area contributed by atoms with E-state index < -0.39 is 29.3 Å². The SMILES string of the molecule is CCCCN1C(=O)c2cc(Oc3ccc(C(C)(C)C)cc3)c3c4c(Oc5ccc(C(C)(C)C)cc5)cc5c6c(cc(Oc7ccc(C(C)(C)C)cc7)c(c7c(Oc8ccc(C(C)(C)C)cc8)cc(c2c37)C1=O)c64)C(=O)C(c1ccc2ccccc2n1)C5=O. The molecule has 11 aromatic rings. The van der Waals surface area contributed by atoms with Crippen LogP contribution in [0.4, 0.5) is 0 Å². The van der Waals surface area contributed by atoms with E-state index in [0.717, 1.165) is 34.1 Å². The van der Waals surface area contributed by atoms with Crippen molar-refractivity contribution in [3.8, 4) is 46.0 Å². The van der Waals surface area contributed by atoms with Gasteiger partial charge in [-0.1, -0.05) is 169 Å². The number of nitrogens with zero attached hydrogens (tertiary/aromatic N) is 2. The number of ether oxygens (including phenoxy) is 4. The van der Waals surface area contributed by atoms with Crippen LogP contribution >= 0.6 is 0 Å². The van der Waals surface area contributed by atoms with Gasteiger partial charge in [0, 0.05) is 66.1 Å². The fourth-order valence-electron chi connectivity index (χ4n) is 12.7. The minimum absolute atomic E-state index is 0.170. The van der Waals surface area contributed by atoms with E-state index in [2.05, 4.69) is 83.1 Å². The van der Waals surface area contributed by atoms with E-state index in [0.29, 0.717) is 83.7 Å². The van der Waals surface area contributed by atoms with Gasteiger partial charge >= 0.3 is 0 Å². The van der Waals surface area contributed by atoms with Gasteiger partial charge in [-0.25, -0.2) is 0 Å². The van der Waals surface area contributed by atoms with Crippen molar-refractivity contribution in [2.45, 2.75) is 130 Å². The molecular weight excluding hydrogens is 1090 g/mol.